The zero-order valence-corrected chi connectivity index (χ0v) is 11.9. The van der Waals surface area contributed by atoms with E-state index in [0.29, 0.717) is 10.5 Å². The highest BCUT2D eigenvalue weighted by Gasteiger charge is 2.17. The first-order chi connectivity index (χ1) is 9.48. The summed E-state index contributed by atoms with van der Waals surface area (Å²) in [5.74, 6) is -0.0370. The zero-order valence-electron chi connectivity index (χ0n) is 10.3. The number of carbonyl (C=O) groups excluding carboxylic acids is 1. The van der Waals surface area contributed by atoms with Crippen molar-refractivity contribution in [3.8, 4) is 0 Å². The van der Waals surface area contributed by atoms with E-state index < -0.39 is 10.1 Å². The molecular formula is C13H11NO4S2. The van der Waals surface area contributed by atoms with Crippen molar-refractivity contribution in [2.75, 3.05) is 5.75 Å². The summed E-state index contributed by atoms with van der Waals surface area (Å²) in [5.41, 5.74) is 0.558. The Hall–Kier alpha value is -1.70. The van der Waals surface area contributed by atoms with Crippen LogP contribution in [0.1, 0.15) is 10.4 Å². The lowest BCUT2D eigenvalue weighted by atomic mass is 10.2. The minimum atomic E-state index is -4.34. The maximum absolute atomic E-state index is 11.9. The summed E-state index contributed by atoms with van der Waals surface area (Å²) >= 11 is 1.05. The molecule has 0 fully saturated rings. The Morgan fingerprint density at radius 3 is 2.55 bits per heavy atom. The van der Waals surface area contributed by atoms with E-state index >= 15 is 0 Å². The minimum absolute atomic E-state index is 0.0799. The van der Waals surface area contributed by atoms with E-state index in [1.165, 1.54) is 12.3 Å². The molecule has 1 aromatic heterocycles. The number of hydrogen-bond donors (Lipinski definition) is 1. The number of carbonyl (C=O) groups is 1. The van der Waals surface area contributed by atoms with E-state index in [-0.39, 0.29) is 16.4 Å². The van der Waals surface area contributed by atoms with Gasteiger partial charge < -0.3 is 0 Å². The van der Waals surface area contributed by atoms with Gasteiger partial charge >= 0.3 is 0 Å². The summed E-state index contributed by atoms with van der Waals surface area (Å²) in [4.78, 5) is 15.6. The standard InChI is InChI=1S/C13H11NO4S2/c15-11(10-4-2-1-3-5-10)9-19-12-6-7-14-8-13(12)20(16,17)18/h1-8H,9H2,(H,16,17,18). The van der Waals surface area contributed by atoms with Gasteiger partial charge in [0, 0.05) is 22.9 Å². The average molecular weight is 309 g/mol. The zero-order chi connectivity index (χ0) is 14.6. The molecule has 0 saturated heterocycles. The summed E-state index contributed by atoms with van der Waals surface area (Å²) in [6, 6.07) is 10.2. The van der Waals surface area contributed by atoms with E-state index in [9.17, 15) is 13.2 Å². The maximum Gasteiger partial charge on any atom is 0.297 e. The third-order valence-corrected chi connectivity index (χ3v) is 4.56. The first-order valence-electron chi connectivity index (χ1n) is 5.61. The van der Waals surface area contributed by atoms with Crippen LogP contribution in [0.3, 0.4) is 0 Å². The smallest absolute Gasteiger partial charge is 0.293 e. The Kier molecular flexibility index (Phi) is 4.53. The van der Waals surface area contributed by atoms with Crippen LogP contribution in [0.15, 0.2) is 58.6 Å². The van der Waals surface area contributed by atoms with Crippen molar-refractivity contribution in [1.82, 2.24) is 4.98 Å². The van der Waals surface area contributed by atoms with Gasteiger partial charge in [-0.15, -0.1) is 11.8 Å². The summed E-state index contributed by atoms with van der Waals surface area (Å²) in [6.07, 6.45) is 2.47. The lowest BCUT2D eigenvalue weighted by molar-refractivity contribution is 0.102. The predicted octanol–water partition coefficient (Wildman–Crippen LogP) is 2.30. The molecule has 0 aliphatic heterocycles. The molecule has 104 valence electrons. The molecule has 0 unspecified atom stereocenters. The van der Waals surface area contributed by atoms with Crippen LogP contribution in [0.5, 0.6) is 0 Å². The molecule has 5 nitrogen and oxygen atoms in total. The van der Waals surface area contributed by atoms with Crippen molar-refractivity contribution < 1.29 is 17.8 Å². The van der Waals surface area contributed by atoms with Gasteiger partial charge in [-0.05, 0) is 6.07 Å². The Labute approximate surface area is 120 Å². The highest BCUT2D eigenvalue weighted by molar-refractivity contribution is 8.00. The van der Waals surface area contributed by atoms with Gasteiger partial charge in [-0.25, -0.2) is 0 Å². The van der Waals surface area contributed by atoms with E-state index in [1.54, 1.807) is 24.3 Å². The molecule has 0 bridgehead atoms. The van der Waals surface area contributed by atoms with E-state index in [2.05, 4.69) is 4.98 Å². The van der Waals surface area contributed by atoms with Gasteiger partial charge in [0.2, 0.25) is 0 Å². The topological polar surface area (TPSA) is 84.3 Å². The average Bonchev–Trinajstić information content (AvgIpc) is 2.45. The summed E-state index contributed by atoms with van der Waals surface area (Å²) in [6.45, 7) is 0. The van der Waals surface area contributed by atoms with E-state index in [1.807, 2.05) is 6.07 Å². The fourth-order valence-corrected chi connectivity index (χ4v) is 3.35. The molecule has 0 atom stereocenters. The van der Waals surface area contributed by atoms with Gasteiger partial charge in [0.05, 0.1) is 5.75 Å². The van der Waals surface area contributed by atoms with Gasteiger partial charge in [0.15, 0.2) is 5.78 Å². The molecule has 20 heavy (non-hydrogen) atoms. The van der Waals surface area contributed by atoms with Crippen molar-refractivity contribution in [3.63, 3.8) is 0 Å². The molecule has 1 heterocycles. The quantitative estimate of drug-likeness (QED) is 0.518. The molecule has 2 rings (SSSR count). The third-order valence-electron chi connectivity index (χ3n) is 2.48. The molecule has 2 aromatic rings. The van der Waals surface area contributed by atoms with Crippen LogP contribution < -0.4 is 0 Å². The molecule has 0 spiro atoms. The molecule has 0 saturated carbocycles. The van der Waals surface area contributed by atoms with Crippen LogP contribution in [0.4, 0.5) is 0 Å². The Morgan fingerprint density at radius 2 is 1.90 bits per heavy atom. The van der Waals surface area contributed by atoms with Crippen molar-refractivity contribution in [2.45, 2.75) is 9.79 Å². The van der Waals surface area contributed by atoms with Crippen molar-refractivity contribution >= 4 is 27.7 Å². The van der Waals surface area contributed by atoms with Crippen molar-refractivity contribution in [3.05, 3.63) is 54.4 Å². The van der Waals surface area contributed by atoms with Gasteiger partial charge in [-0.1, -0.05) is 30.3 Å². The van der Waals surface area contributed by atoms with Gasteiger partial charge in [0.25, 0.3) is 10.1 Å². The van der Waals surface area contributed by atoms with Gasteiger partial charge in [0.1, 0.15) is 4.90 Å². The number of nitrogens with zero attached hydrogens (tertiary/aromatic N) is 1. The van der Waals surface area contributed by atoms with E-state index in [0.717, 1.165) is 18.0 Å². The minimum Gasteiger partial charge on any atom is -0.293 e. The molecule has 0 aliphatic rings. The number of rotatable bonds is 5. The molecule has 0 radical (unpaired) electrons. The highest BCUT2D eigenvalue weighted by Crippen LogP contribution is 2.26. The van der Waals surface area contributed by atoms with Gasteiger partial charge in [-0.3, -0.25) is 14.3 Å². The number of benzene rings is 1. The van der Waals surface area contributed by atoms with Crippen molar-refractivity contribution in [2.24, 2.45) is 0 Å². The second-order valence-electron chi connectivity index (χ2n) is 3.88. The fourth-order valence-electron chi connectivity index (χ4n) is 1.53. The molecular weight excluding hydrogens is 298 g/mol. The SMILES string of the molecule is O=C(CSc1ccncc1S(=O)(=O)O)c1ccccc1. The highest BCUT2D eigenvalue weighted by atomic mass is 32.2. The lowest BCUT2D eigenvalue weighted by Crippen LogP contribution is -2.04. The number of pyridine rings is 1. The lowest BCUT2D eigenvalue weighted by Gasteiger charge is -2.05. The monoisotopic (exact) mass is 309 g/mol. The molecule has 0 amide bonds. The normalized spacial score (nSPS) is 11.2. The van der Waals surface area contributed by atoms with Crippen molar-refractivity contribution in [1.29, 1.82) is 0 Å². The third kappa shape index (κ3) is 3.66. The van der Waals surface area contributed by atoms with Crippen LogP contribution in [-0.4, -0.2) is 29.5 Å². The second-order valence-corrected chi connectivity index (χ2v) is 6.28. The van der Waals surface area contributed by atoms with Crippen LogP contribution in [0, 0.1) is 0 Å². The Balaban J connectivity index is 2.15. The van der Waals surface area contributed by atoms with Gasteiger partial charge in [-0.2, -0.15) is 8.42 Å². The summed E-state index contributed by atoms with van der Waals surface area (Å²) in [5, 5.41) is 0. The van der Waals surface area contributed by atoms with Crippen LogP contribution in [0.2, 0.25) is 0 Å². The molecule has 0 aliphatic carbocycles. The Morgan fingerprint density at radius 1 is 1.20 bits per heavy atom. The Bertz CT molecular complexity index is 714. The summed E-state index contributed by atoms with van der Waals surface area (Å²) < 4.78 is 31.5. The maximum atomic E-state index is 11.9. The number of thioether (sulfide) groups is 1. The first kappa shape index (κ1) is 14.7. The fraction of sp³-hybridized carbons (Fsp3) is 0.0769. The number of aromatic nitrogens is 1. The van der Waals surface area contributed by atoms with Crippen LogP contribution in [-0.2, 0) is 10.1 Å². The van der Waals surface area contributed by atoms with Crippen LogP contribution >= 0.6 is 11.8 Å². The number of ketones is 1. The number of hydrogen-bond acceptors (Lipinski definition) is 5. The molecule has 1 aromatic carbocycles. The molecule has 1 N–H and O–H groups in total. The van der Waals surface area contributed by atoms with Crippen LogP contribution in [0.25, 0.3) is 0 Å². The second kappa shape index (κ2) is 6.17. The predicted molar refractivity (Wildman–Crippen MR) is 75.5 cm³/mol. The largest absolute Gasteiger partial charge is 0.297 e. The number of Topliss-reactive ketones (excluding diaryl/α,β-unsaturated/α-hetero) is 1. The summed E-state index contributed by atoms with van der Waals surface area (Å²) in [7, 11) is -4.34. The molecule has 7 heteroatoms. The van der Waals surface area contributed by atoms with E-state index in [4.69, 9.17) is 4.55 Å². The first-order valence-corrected chi connectivity index (χ1v) is 8.03.